The molecule has 0 fully saturated rings. The molecule has 0 saturated carbocycles. The van der Waals surface area contributed by atoms with Crippen molar-refractivity contribution in [3.8, 4) is 5.69 Å². The number of carbonyl (C=O) groups excluding carboxylic acids is 1. The van der Waals surface area contributed by atoms with Crippen LogP contribution >= 0.6 is 0 Å². The standard InChI is InChI=1S/C16H12F2N4O/c1-10-16(14(23)9-12-3-2-4-15(18)19-12)20-21-22(10)13-7-5-11(17)6-8-13/h2-8H,9H2,1H3. The minimum absolute atomic E-state index is 0.0687. The Morgan fingerprint density at radius 2 is 1.87 bits per heavy atom. The number of nitrogens with zero attached hydrogens (tertiary/aromatic N) is 4. The van der Waals surface area contributed by atoms with Crippen molar-refractivity contribution < 1.29 is 13.6 Å². The van der Waals surface area contributed by atoms with Crippen molar-refractivity contribution in [3.63, 3.8) is 0 Å². The van der Waals surface area contributed by atoms with Gasteiger partial charge in [0.15, 0.2) is 11.5 Å². The highest BCUT2D eigenvalue weighted by molar-refractivity contribution is 5.96. The second-order valence-electron chi connectivity index (χ2n) is 4.96. The first kappa shape index (κ1) is 15.0. The Morgan fingerprint density at radius 3 is 2.57 bits per heavy atom. The molecule has 116 valence electrons. The van der Waals surface area contributed by atoms with Crippen LogP contribution in [0.25, 0.3) is 5.69 Å². The summed E-state index contributed by atoms with van der Waals surface area (Å²) < 4.78 is 27.5. The zero-order chi connectivity index (χ0) is 16.4. The Bertz CT molecular complexity index is 859. The number of ketones is 1. The number of rotatable bonds is 4. The number of hydrogen-bond donors (Lipinski definition) is 0. The lowest BCUT2D eigenvalue weighted by Gasteiger charge is -2.03. The van der Waals surface area contributed by atoms with E-state index in [9.17, 15) is 13.6 Å². The maximum atomic E-state index is 13.1. The maximum absolute atomic E-state index is 13.1. The number of halogens is 2. The smallest absolute Gasteiger partial charge is 0.213 e. The third kappa shape index (κ3) is 3.13. The monoisotopic (exact) mass is 314 g/mol. The minimum atomic E-state index is -0.637. The van der Waals surface area contributed by atoms with Gasteiger partial charge in [-0.15, -0.1) is 5.10 Å². The number of benzene rings is 1. The lowest BCUT2D eigenvalue weighted by molar-refractivity contribution is 0.0986. The van der Waals surface area contributed by atoms with E-state index >= 15 is 0 Å². The highest BCUT2D eigenvalue weighted by atomic mass is 19.1. The molecule has 0 aliphatic rings. The van der Waals surface area contributed by atoms with Crippen molar-refractivity contribution in [2.24, 2.45) is 0 Å². The van der Waals surface area contributed by atoms with Crippen molar-refractivity contribution in [1.29, 1.82) is 0 Å². The van der Waals surface area contributed by atoms with Crippen LogP contribution in [0.4, 0.5) is 8.78 Å². The summed E-state index contributed by atoms with van der Waals surface area (Å²) in [4.78, 5) is 16.0. The molecule has 0 amide bonds. The van der Waals surface area contributed by atoms with Gasteiger partial charge in [0.2, 0.25) is 5.95 Å². The van der Waals surface area contributed by atoms with Crippen LogP contribution in [-0.2, 0) is 6.42 Å². The zero-order valence-electron chi connectivity index (χ0n) is 12.2. The molecule has 23 heavy (non-hydrogen) atoms. The van der Waals surface area contributed by atoms with Crippen LogP contribution in [0.3, 0.4) is 0 Å². The summed E-state index contributed by atoms with van der Waals surface area (Å²) >= 11 is 0. The molecule has 5 nitrogen and oxygen atoms in total. The molecule has 3 aromatic rings. The van der Waals surface area contributed by atoms with Crippen LogP contribution in [0.15, 0.2) is 42.5 Å². The van der Waals surface area contributed by atoms with Gasteiger partial charge in [0, 0.05) is 0 Å². The average Bonchev–Trinajstić information content (AvgIpc) is 2.90. The van der Waals surface area contributed by atoms with Crippen LogP contribution in [-0.4, -0.2) is 25.8 Å². The second-order valence-corrected chi connectivity index (χ2v) is 4.96. The predicted molar refractivity (Wildman–Crippen MR) is 78.3 cm³/mol. The molecule has 0 bridgehead atoms. The summed E-state index contributed by atoms with van der Waals surface area (Å²) in [5, 5.41) is 7.81. The highest BCUT2D eigenvalue weighted by Gasteiger charge is 2.18. The molecule has 0 aliphatic heterocycles. The zero-order valence-corrected chi connectivity index (χ0v) is 12.2. The van der Waals surface area contributed by atoms with Gasteiger partial charge in [0.05, 0.1) is 23.5 Å². The van der Waals surface area contributed by atoms with E-state index < -0.39 is 5.95 Å². The fraction of sp³-hybridized carbons (Fsp3) is 0.125. The third-order valence-corrected chi connectivity index (χ3v) is 3.34. The van der Waals surface area contributed by atoms with Gasteiger partial charge < -0.3 is 0 Å². The third-order valence-electron chi connectivity index (χ3n) is 3.34. The summed E-state index contributed by atoms with van der Waals surface area (Å²) in [5.41, 5.74) is 1.63. The number of hydrogen-bond acceptors (Lipinski definition) is 4. The second kappa shape index (κ2) is 6.04. The lowest BCUT2D eigenvalue weighted by Crippen LogP contribution is -2.08. The summed E-state index contributed by atoms with van der Waals surface area (Å²) in [6.45, 7) is 1.69. The molecule has 0 radical (unpaired) electrons. The van der Waals surface area contributed by atoms with E-state index in [1.54, 1.807) is 25.1 Å². The van der Waals surface area contributed by atoms with Crippen molar-refractivity contribution in [3.05, 3.63) is 71.3 Å². The Morgan fingerprint density at radius 1 is 1.13 bits per heavy atom. The van der Waals surface area contributed by atoms with E-state index in [1.807, 2.05) is 0 Å². The van der Waals surface area contributed by atoms with E-state index in [4.69, 9.17) is 0 Å². The molecular weight excluding hydrogens is 302 g/mol. The molecule has 2 aromatic heterocycles. The first-order valence-corrected chi connectivity index (χ1v) is 6.87. The number of pyridine rings is 1. The maximum Gasteiger partial charge on any atom is 0.213 e. The largest absolute Gasteiger partial charge is 0.292 e. The molecule has 1 aromatic carbocycles. The number of aromatic nitrogens is 4. The fourth-order valence-electron chi connectivity index (χ4n) is 2.21. The van der Waals surface area contributed by atoms with Crippen LogP contribution in [0.1, 0.15) is 21.9 Å². The van der Waals surface area contributed by atoms with Gasteiger partial charge in [-0.05, 0) is 43.3 Å². The number of Topliss-reactive ketones (excluding diaryl/α,β-unsaturated/α-hetero) is 1. The summed E-state index contributed by atoms with van der Waals surface area (Å²) in [6.07, 6.45) is -0.0687. The summed E-state index contributed by atoms with van der Waals surface area (Å²) in [5.74, 6) is -1.31. The topological polar surface area (TPSA) is 60.7 Å². The average molecular weight is 314 g/mol. The Kier molecular flexibility index (Phi) is 3.92. The van der Waals surface area contributed by atoms with Crippen molar-refractivity contribution in [1.82, 2.24) is 20.0 Å². The van der Waals surface area contributed by atoms with Gasteiger partial charge in [0.1, 0.15) is 5.82 Å². The summed E-state index contributed by atoms with van der Waals surface area (Å²) in [7, 11) is 0. The molecular formula is C16H12F2N4O. The Hall–Kier alpha value is -2.96. The molecule has 7 heteroatoms. The minimum Gasteiger partial charge on any atom is -0.292 e. The normalized spacial score (nSPS) is 10.7. The quantitative estimate of drug-likeness (QED) is 0.549. The molecule has 2 heterocycles. The van der Waals surface area contributed by atoms with Gasteiger partial charge in [-0.3, -0.25) is 4.79 Å². The van der Waals surface area contributed by atoms with E-state index in [0.29, 0.717) is 17.1 Å². The molecule has 0 N–H and O–H groups in total. The first-order chi connectivity index (χ1) is 11.0. The van der Waals surface area contributed by atoms with Crippen LogP contribution in [0.2, 0.25) is 0 Å². The lowest BCUT2D eigenvalue weighted by atomic mass is 10.1. The van der Waals surface area contributed by atoms with Crippen LogP contribution in [0, 0.1) is 18.7 Å². The number of carbonyl (C=O) groups is 1. The molecule has 0 spiro atoms. The van der Waals surface area contributed by atoms with Crippen LogP contribution < -0.4 is 0 Å². The molecule has 0 saturated heterocycles. The SMILES string of the molecule is Cc1c(C(=O)Cc2cccc(F)n2)nnn1-c1ccc(F)cc1. The van der Waals surface area contributed by atoms with Gasteiger partial charge in [-0.25, -0.2) is 14.1 Å². The molecule has 0 unspecified atom stereocenters. The Labute approximate surface area is 130 Å². The molecule has 3 rings (SSSR count). The highest BCUT2D eigenvalue weighted by Crippen LogP contribution is 2.14. The van der Waals surface area contributed by atoms with E-state index in [-0.39, 0.29) is 23.7 Å². The van der Waals surface area contributed by atoms with Gasteiger partial charge in [-0.2, -0.15) is 4.39 Å². The van der Waals surface area contributed by atoms with E-state index in [1.165, 1.54) is 28.9 Å². The predicted octanol–water partition coefficient (Wildman–Crippen LogP) is 2.67. The van der Waals surface area contributed by atoms with Crippen LogP contribution in [0.5, 0.6) is 0 Å². The van der Waals surface area contributed by atoms with E-state index in [2.05, 4.69) is 15.3 Å². The van der Waals surface area contributed by atoms with Crippen molar-refractivity contribution in [2.45, 2.75) is 13.3 Å². The first-order valence-electron chi connectivity index (χ1n) is 6.87. The van der Waals surface area contributed by atoms with E-state index in [0.717, 1.165) is 0 Å². The Balaban J connectivity index is 1.86. The molecule has 0 aliphatic carbocycles. The van der Waals surface area contributed by atoms with Crippen molar-refractivity contribution >= 4 is 5.78 Å². The van der Waals surface area contributed by atoms with Gasteiger partial charge in [0.25, 0.3) is 0 Å². The van der Waals surface area contributed by atoms with Gasteiger partial charge in [-0.1, -0.05) is 11.3 Å². The fourth-order valence-corrected chi connectivity index (χ4v) is 2.21. The summed E-state index contributed by atoms with van der Waals surface area (Å²) in [6, 6.07) is 9.96. The van der Waals surface area contributed by atoms with Gasteiger partial charge >= 0.3 is 0 Å². The van der Waals surface area contributed by atoms with Crippen molar-refractivity contribution in [2.75, 3.05) is 0 Å². The molecule has 0 atom stereocenters.